The van der Waals surface area contributed by atoms with Crippen LogP contribution >= 0.6 is 12.2 Å². The van der Waals surface area contributed by atoms with E-state index >= 15 is 0 Å². The largest absolute Gasteiger partial charge is 0.465 e. The van der Waals surface area contributed by atoms with Crippen LogP contribution in [0.3, 0.4) is 0 Å². The number of carbonyl (C=O) groups excluding carboxylic acids is 4. The number of ether oxygens (including phenoxy) is 3. The Hall–Kier alpha value is -5.59. The standard InChI is InChI=1S/C34H49N5O5.C9H7NO2S/c1-23(2)16-20-38(21-17-24(3)4)30(40)26-12-15-28-29(22-26)39(19-9-18-35-33(42)44-34(5,6)7)32(37-28)36-27-13-10-25(11-14-27)31(41)43-8;1-12-9(11)7-2-4-8(5-3-7)10-6-13/h10-15,22-24H,9,16-21H2,1-8H3,(H,35,42)(H,36,37);2-5H,1H3. The number of aromatic nitrogens is 2. The third kappa shape index (κ3) is 15.1. The summed E-state index contributed by atoms with van der Waals surface area (Å²) in [6.45, 7) is 16.5. The number of esters is 2. The third-order valence-corrected chi connectivity index (χ3v) is 8.58. The molecule has 0 radical (unpaired) electrons. The number of aryl methyl sites for hydroxylation is 1. The summed E-state index contributed by atoms with van der Waals surface area (Å²) in [7, 11) is 2.69. The van der Waals surface area contributed by atoms with Crippen molar-refractivity contribution < 1.29 is 33.4 Å². The minimum Gasteiger partial charge on any atom is -0.465 e. The number of nitrogens with zero attached hydrogens (tertiary/aromatic N) is 4. The summed E-state index contributed by atoms with van der Waals surface area (Å²) < 4.78 is 16.7. The maximum absolute atomic E-state index is 13.8. The highest BCUT2D eigenvalue weighted by Crippen LogP contribution is 2.26. The molecule has 13 nitrogen and oxygen atoms in total. The van der Waals surface area contributed by atoms with Crippen molar-refractivity contribution in [3.8, 4) is 0 Å². The number of methoxy groups -OCH3 is 2. The minimum atomic E-state index is -0.577. The summed E-state index contributed by atoms with van der Waals surface area (Å²) >= 11 is 4.43. The van der Waals surface area contributed by atoms with Crippen LogP contribution in [0.5, 0.6) is 0 Å². The van der Waals surface area contributed by atoms with E-state index in [0.717, 1.165) is 29.6 Å². The Bertz CT molecular complexity index is 1990. The van der Waals surface area contributed by atoms with Gasteiger partial charge in [0, 0.05) is 37.4 Å². The van der Waals surface area contributed by atoms with Crippen molar-refractivity contribution >= 4 is 69.7 Å². The second-order valence-corrected chi connectivity index (χ2v) is 15.3. The van der Waals surface area contributed by atoms with Crippen molar-refractivity contribution in [1.29, 1.82) is 0 Å². The molecule has 2 amide bonds. The molecule has 0 aliphatic carbocycles. The van der Waals surface area contributed by atoms with Gasteiger partial charge in [0.05, 0.1) is 47.2 Å². The molecule has 0 aliphatic heterocycles. The van der Waals surface area contributed by atoms with E-state index in [2.05, 4.69) is 65.4 Å². The number of isothiocyanates is 1. The molecule has 14 heteroatoms. The first-order valence-corrected chi connectivity index (χ1v) is 19.4. The topological polar surface area (TPSA) is 153 Å². The SMILES string of the molecule is COC(=O)c1ccc(N=C=S)cc1.COC(=O)c1ccc(Nc2nc3ccc(C(=O)N(CCC(C)C)CCC(C)C)cc3n2CCCNC(=O)OC(C)(C)C)cc1. The Morgan fingerprint density at radius 3 is 1.89 bits per heavy atom. The Morgan fingerprint density at radius 2 is 1.39 bits per heavy atom. The van der Waals surface area contributed by atoms with Crippen LogP contribution in [0.1, 0.15) is 98.8 Å². The van der Waals surface area contributed by atoms with E-state index in [1.807, 2.05) is 48.4 Å². The first kappa shape index (κ1) is 45.8. The van der Waals surface area contributed by atoms with Crippen LogP contribution in [0.15, 0.2) is 71.7 Å². The number of amides is 2. The van der Waals surface area contributed by atoms with Crippen LogP contribution in [-0.2, 0) is 20.8 Å². The second-order valence-electron chi connectivity index (χ2n) is 15.2. The molecule has 57 heavy (non-hydrogen) atoms. The number of alkyl carbamates (subject to hydrolysis) is 1. The molecular formula is C43H56N6O7S. The second kappa shape index (κ2) is 22.2. The summed E-state index contributed by atoms with van der Waals surface area (Å²) in [4.78, 5) is 59.4. The number of aliphatic imine (C=N–C) groups is 1. The lowest BCUT2D eigenvalue weighted by Gasteiger charge is -2.24. The summed E-state index contributed by atoms with van der Waals surface area (Å²) in [5, 5.41) is 8.41. The summed E-state index contributed by atoms with van der Waals surface area (Å²) in [6.07, 6.45) is 2.02. The maximum atomic E-state index is 13.8. The molecular weight excluding hydrogens is 745 g/mol. The van der Waals surface area contributed by atoms with E-state index in [4.69, 9.17) is 14.5 Å². The number of hydrogen-bond donors (Lipinski definition) is 2. The lowest BCUT2D eigenvalue weighted by molar-refractivity contribution is 0.0524. The molecule has 1 aromatic heterocycles. The van der Waals surface area contributed by atoms with Crippen LogP contribution in [0.4, 0.5) is 22.1 Å². The van der Waals surface area contributed by atoms with E-state index in [1.165, 1.54) is 14.2 Å². The molecule has 0 fully saturated rings. The Balaban J connectivity index is 0.000000566. The molecule has 2 N–H and O–H groups in total. The number of imidazole rings is 1. The molecule has 0 atom stereocenters. The molecule has 4 rings (SSSR count). The van der Waals surface area contributed by atoms with Gasteiger partial charge in [0.25, 0.3) is 5.91 Å². The molecule has 0 spiro atoms. The number of carbonyl (C=O) groups is 4. The fourth-order valence-corrected chi connectivity index (χ4v) is 5.53. The number of anilines is 2. The van der Waals surface area contributed by atoms with E-state index in [0.29, 0.717) is 72.8 Å². The highest BCUT2D eigenvalue weighted by molar-refractivity contribution is 7.78. The Labute approximate surface area is 341 Å². The smallest absolute Gasteiger partial charge is 0.407 e. The molecule has 4 aromatic rings. The lowest BCUT2D eigenvalue weighted by Crippen LogP contribution is -2.34. The van der Waals surface area contributed by atoms with Gasteiger partial charge in [-0.15, -0.1) is 0 Å². The van der Waals surface area contributed by atoms with Crippen LogP contribution in [0.2, 0.25) is 0 Å². The van der Waals surface area contributed by atoms with Gasteiger partial charge in [-0.1, -0.05) is 27.7 Å². The zero-order valence-electron chi connectivity index (χ0n) is 34.5. The van der Waals surface area contributed by atoms with E-state index in [9.17, 15) is 19.2 Å². The predicted octanol–water partition coefficient (Wildman–Crippen LogP) is 9.22. The molecule has 0 bridgehead atoms. The third-order valence-electron chi connectivity index (χ3n) is 8.49. The van der Waals surface area contributed by atoms with Crippen molar-refractivity contribution in [2.24, 2.45) is 16.8 Å². The van der Waals surface area contributed by atoms with E-state index < -0.39 is 17.7 Å². The fourth-order valence-electron chi connectivity index (χ4n) is 5.42. The fraction of sp³-hybridized carbons (Fsp3) is 0.442. The van der Waals surface area contributed by atoms with Gasteiger partial charge in [-0.25, -0.2) is 19.4 Å². The average molecular weight is 801 g/mol. The van der Waals surface area contributed by atoms with Gasteiger partial charge >= 0.3 is 18.0 Å². The van der Waals surface area contributed by atoms with Crippen LogP contribution in [0.25, 0.3) is 11.0 Å². The molecule has 0 unspecified atom stereocenters. The number of rotatable bonds is 16. The maximum Gasteiger partial charge on any atom is 0.407 e. The summed E-state index contributed by atoms with van der Waals surface area (Å²) in [5.74, 6) is 0.826. The number of thiocarbonyl (C=S) groups is 1. The number of benzene rings is 3. The number of nitrogens with one attached hydrogen (secondary N) is 2. The molecule has 0 aliphatic rings. The predicted molar refractivity (Wildman–Crippen MR) is 227 cm³/mol. The average Bonchev–Trinajstić information content (AvgIpc) is 3.51. The van der Waals surface area contributed by atoms with E-state index in [-0.39, 0.29) is 11.9 Å². The van der Waals surface area contributed by atoms with Gasteiger partial charge < -0.3 is 34.3 Å². The zero-order chi connectivity index (χ0) is 42.1. The summed E-state index contributed by atoms with van der Waals surface area (Å²) in [6, 6.07) is 19.2. The number of fused-ring (bicyclic) bond motifs is 1. The molecule has 0 saturated carbocycles. The highest BCUT2D eigenvalue weighted by Gasteiger charge is 2.20. The van der Waals surface area contributed by atoms with E-state index in [1.54, 1.807) is 48.5 Å². The normalized spacial score (nSPS) is 10.9. The van der Waals surface area contributed by atoms with Crippen molar-refractivity contribution in [1.82, 2.24) is 19.8 Å². The van der Waals surface area contributed by atoms with Crippen LogP contribution in [-0.4, -0.2) is 83.0 Å². The van der Waals surface area contributed by atoms with Crippen molar-refractivity contribution in [2.75, 3.05) is 39.2 Å². The molecule has 306 valence electrons. The highest BCUT2D eigenvalue weighted by atomic mass is 32.1. The lowest BCUT2D eigenvalue weighted by atomic mass is 10.1. The van der Waals surface area contributed by atoms with Crippen molar-refractivity contribution in [3.63, 3.8) is 0 Å². The van der Waals surface area contributed by atoms with Gasteiger partial charge in [0.1, 0.15) is 5.60 Å². The monoisotopic (exact) mass is 800 g/mol. The molecule has 3 aromatic carbocycles. The quantitative estimate of drug-likeness (QED) is 0.0369. The van der Waals surface area contributed by atoms with Crippen LogP contribution < -0.4 is 10.6 Å². The first-order chi connectivity index (χ1) is 27.0. The zero-order valence-corrected chi connectivity index (χ0v) is 35.3. The van der Waals surface area contributed by atoms with Crippen LogP contribution in [0, 0.1) is 11.8 Å². The van der Waals surface area contributed by atoms with Gasteiger partial charge in [0.15, 0.2) is 0 Å². The molecule has 1 heterocycles. The van der Waals surface area contributed by atoms with Gasteiger partial charge in [-0.3, -0.25) is 4.79 Å². The van der Waals surface area contributed by atoms with Gasteiger partial charge in [-0.05, 0) is 131 Å². The Morgan fingerprint density at radius 1 is 0.842 bits per heavy atom. The first-order valence-electron chi connectivity index (χ1n) is 19.0. The number of hydrogen-bond acceptors (Lipinski definition) is 11. The van der Waals surface area contributed by atoms with Gasteiger partial charge in [-0.2, -0.15) is 4.99 Å². The van der Waals surface area contributed by atoms with Crippen molar-refractivity contribution in [3.05, 3.63) is 83.4 Å². The molecule has 0 saturated heterocycles. The van der Waals surface area contributed by atoms with Crippen molar-refractivity contribution in [2.45, 2.75) is 79.9 Å². The minimum absolute atomic E-state index is 0.0143. The Kier molecular flexibility index (Phi) is 17.9. The summed E-state index contributed by atoms with van der Waals surface area (Å²) in [5.41, 5.74) is 3.95. The van der Waals surface area contributed by atoms with Gasteiger partial charge in [0.2, 0.25) is 5.95 Å².